The van der Waals surface area contributed by atoms with Gasteiger partial charge in [0.25, 0.3) is 5.91 Å². The summed E-state index contributed by atoms with van der Waals surface area (Å²) >= 11 is 0. The molecule has 2 heteroatoms. The van der Waals surface area contributed by atoms with Crippen molar-refractivity contribution in [2.45, 2.75) is 25.8 Å². The number of hydrogen-bond donors (Lipinski definition) is 1. The Morgan fingerprint density at radius 2 is 1.28 bits per heavy atom. The number of aryl methyl sites for hydroxylation is 1. The first-order valence-corrected chi connectivity index (χ1v) is 8.62. The lowest BCUT2D eigenvalue weighted by Crippen LogP contribution is -2.31. The molecule has 0 spiro atoms. The van der Waals surface area contributed by atoms with Gasteiger partial charge in [-0.25, -0.2) is 0 Å². The van der Waals surface area contributed by atoms with Gasteiger partial charge >= 0.3 is 0 Å². The van der Waals surface area contributed by atoms with Crippen molar-refractivity contribution in [3.63, 3.8) is 0 Å². The van der Waals surface area contributed by atoms with Crippen LogP contribution in [0.2, 0.25) is 0 Å². The van der Waals surface area contributed by atoms with Gasteiger partial charge in [-0.3, -0.25) is 4.79 Å². The molecule has 25 heavy (non-hydrogen) atoms. The van der Waals surface area contributed by atoms with Crippen LogP contribution in [0.1, 0.15) is 45.9 Å². The topological polar surface area (TPSA) is 29.1 Å². The van der Waals surface area contributed by atoms with Crippen molar-refractivity contribution in [2.75, 3.05) is 0 Å². The van der Waals surface area contributed by atoms with E-state index in [2.05, 4.69) is 36.5 Å². The summed E-state index contributed by atoms with van der Waals surface area (Å²) in [4.78, 5) is 12.8. The zero-order valence-electron chi connectivity index (χ0n) is 14.6. The first-order valence-electron chi connectivity index (χ1n) is 8.62. The molecule has 2 nitrogen and oxygen atoms in total. The van der Waals surface area contributed by atoms with Crippen molar-refractivity contribution < 1.29 is 4.79 Å². The molecule has 0 fully saturated rings. The van der Waals surface area contributed by atoms with Crippen molar-refractivity contribution in [1.29, 1.82) is 0 Å². The Morgan fingerprint density at radius 1 is 0.760 bits per heavy atom. The van der Waals surface area contributed by atoms with Crippen molar-refractivity contribution in [2.24, 2.45) is 0 Å². The Bertz CT molecular complexity index is 810. The molecule has 0 aromatic heterocycles. The highest BCUT2D eigenvalue weighted by Crippen LogP contribution is 2.30. The van der Waals surface area contributed by atoms with Crippen LogP contribution in [0.15, 0.2) is 84.9 Å². The third-order valence-electron chi connectivity index (χ3n) is 4.58. The Hall–Kier alpha value is -2.87. The minimum atomic E-state index is -0.0857. The third kappa shape index (κ3) is 4.16. The van der Waals surface area contributed by atoms with E-state index in [1.54, 1.807) is 0 Å². The summed E-state index contributed by atoms with van der Waals surface area (Å²) in [5, 5.41) is 3.23. The Morgan fingerprint density at radius 3 is 1.84 bits per heavy atom. The molecule has 0 radical (unpaired) electrons. The summed E-state index contributed by atoms with van der Waals surface area (Å²) in [6.07, 6.45) is 0. The summed E-state index contributed by atoms with van der Waals surface area (Å²) in [7, 11) is 0. The lowest BCUT2D eigenvalue weighted by Gasteiger charge is -2.26. The summed E-state index contributed by atoms with van der Waals surface area (Å²) in [6.45, 7) is 4.17. The summed E-state index contributed by atoms with van der Waals surface area (Å²) in [5.41, 5.74) is 4.15. The fraction of sp³-hybridized carbons (Fsp3) is 0.174. The minimum absolute atomic E-state index is 0.0448. The molecule has 0 bridgehead atoms. The fourth-order valence-electron chi connectivity index (χ4n) is 3.04. The molecule has 3 rings (SSSR count). The fourth-order valence-corrected chi connectivity index (χ4v) is 3.04. The molecular weight excluding hydrogens is 306 g/mol. The van der Waals surface area contributed by atoms with Gasteiger partial charge in [0.2, 0.25) is 0 Å². The molecule has 1 amide bonds. The maximum Gasteiger partial charge on any atom is 0.251 e. The lowest BCUT2D eigenvalue weighted by molar-refractivity contribution is 0.0931. The Balaban J connectivity index is 1.89. The average molecular weight is 329 g/mol. The largest absolute Gasteiger partial charge is 0.345 e. The standard InChI is InChI=1S/C23H23NO/c1-17-13-15-21(16-14-17)23(25)24-22(20-11-7-4-8-12-20)18(2)19-9-5-3-6-10-19/h3-16,18,22H,1-2H3,(H,24,25). The normalized spacial score (nSPS) is 13.0. The van der Waals surface area contributed by atoms with Crippen molar-refractivity contribution >= 4 is 5.91 Å². The van der Waals surface area contributed by atoms with Crippen LogP contribution >= 0.6 is 0 Å². The molecule has 0 aliphatic heterocycles. The third-order valence-corrected chi connectivity index (χ3v) is 4.58. The highest BCUT2D eigenvalue weighted by atomic mass is 16.1. The van der Waals surface area contributed by atoms with Crippen LogP contribution in [0, 0.1) is 6.92 Å². The second kappa shape index (κ2) is 7.80. The number of amides is 1. The zero-order chi connectivity index (χ0) is 17.6. The number of rotatable bonds is 5. The highest BCUT2D eigenvalue weighted by Gasteiger charge is 2.23. The van der Waals surface area contributed by atoms with Crippen molar-refractivity contribution in [3.05, 3.63) is 107 Å². The van der Waals surface area contributed by atoms with E-state index in [1.165, 1.54) is 5.56 Å². The number of carbonyl (C=O) groups is 1. The van der Waals surface area contributed by atoms with Gasteiger partial charge in [0.1, 0.15) is 0 Å². The van der Waals surface area contributed by atoms with E-state index in [0.717, 1.165) is 11.1 Å². The highest BCUT2D eigenvalue weighted by molar-refractivity contribution is 5.94. The second-order valence-electron chi connectivity index (χ2n) is 6.43. The van der Waals surface area contributed by atoms with Crippen LogP contribution in [-0.2, 0) is 0 Å². The smallest absolute Gasteiger partial charge is 0.251 e. The van der Waals surface area contributed by atoms with E-state index in [0.29, 0.717) is 5.56 Å². The average Bonchev–Trinajstić information content (AvgIpc) is 2.67. The van der Waals surface area contributed by atoms with Crippen LogP contribution in [0.5, 0.6) is 0 Å². The molecule has 0 saturated carbocycles. The van der Waals surface area contributed by atoms with Gasteiger partial charge in [0.05, 0.1) is 6.04 Å². The van der Waals surface area contributed by atoms with Crippen LogP contribution < -0.4 is 5.32 Å². The van der Waals surface area contributed by atoms with Crippen LogP contribution in [0.3, 0.4) is 0 Å². The first kappa shape index (κ1) is 17.0. The molecule has 0 saturated heterocycles. The van der Waals surface area contributed by atoms with E-state index in [1.807, 2.05) is 67.6 Å². The quantitative estimate of drug-likeness (QED) is 0.679. The predicted molar refractivity (Wildman–Crippen MR) is 103 cm³/mol. The monoisotopic (exact) mass is 329 g/mol. The van der Waals surface area contributed by atoms with E-state index in [-0.39, 0.29) is 17.9 Å². The molecule has 2 unspecified atom stereocenters. The number of benzene rings is 3. The van der Waals surface area contributed by atoms with Crippen molar-refractivity contribution in [1.82, 2.24) is 5.32 Å². The SMILES string of the molecule is Cc1ccc(C(=O)NC(c2ccccc2)C(C)c2ccccc2)cc1. The molecule has 3 aromatic rings. The number of hydrogen-bond acceptors (Lipinski definition) is 1. The first-order chi connectivity index (χ1) is 12.1. The maximum absolute atomic E-state index is 12.8. The summed E-state index contributed by atoms with van der Waals surface area (Å²) in [5.74, 6) is 0.120. The second-order valence-corrected chi connectivity index (χ2v) is 6.43. The summed E-state index contributed by atoms with van der Waals surface area (Å²) in [6, 6.07) is 28.1. The molecule has 0 aliphatic carbocycles. The molecule has 126 valence electrons. The van der Waals surface area contributed by atoms with Gasteiger partial charge in [-0.1, -0.05) is 85.3 Å². The Labute approximate surface area is 149 Å². The molecular formula is C23H23NO. The number of carbonyl (C=O) groups excluding carboxylic acids is 1. The lowest BCUT2D eigenvalue weighted by atomic mass is 9.88. The molecule has 0 heterocycles. The minimum Gasteiger partial charge on any atom is -0.345 e. The van der Waals surface area contributed by atoms with Crippen molar-refractivity contribution in [3.8, 4) is 0 Å². The van der Waals surface area contributed by atoms with Crippen LogP contribution in [0.4, 0.5) is 0 Å². The van der Waals surface area contributed by atoms with Gasteiger partial charge in [-0.2, -0.15) is 0 Å². The molecule has 2 atom stereocenters. The van der Waals surface area contributed by atoms with Crippen LogP contribution in [-0.4, -0.2) is 5.91 Å². The van der Waals surface area contributed by atoms with E-state index < -0.39 is 0 Å². The van der Waals surface area contributed by atoms with Gasteiger partial charge < -0.3 is 5.32 Å². The molecule has 0 aliphatic rings. The van der Waals surface area contributed by atoms with Gasteiger partial charge in [0, 0.05) is 11.5 Å². The van der Waals surface area contributed by atoms with E-state index in [9.17, 15) is 4.79 Å². The predicted octanol–water partition coefficient (Wildman–Crippen LogP) is 5.27. The molecule has 3 aromatic carbocycles. The maximum atomic E-state index is 12.8. The van der Waals surface area contributed by atoms with E-state index in [4.69, 9.17) is 0 Å². The van der Waals surface area contributed by atoms with Gasteiger partial charge in [-0.05, 0) is 30.2 Å². The van der Waals surface area contributed by atoms with Gasteiger partial charge in [-0.15, -0.1) is 0 Å². The molecule has 1 N–H and O–H groups in total. The van der Waals surface area contributed by atoms with Crippen LogP contribution in [0.25, 0.3) is 0 Å². The number of nitrogens with one attached hydrogen (secondary N) is 1. The Kier molecular flexibility index (Phi) is 5.30. The zero-order valence-corrected chi connectivity index (χ0v) is 14.6. The summed E-state index contributed by atoms with van der Waals surface area (Å²) < 4.78 is 0. The van der Waals surface area contributed by atoms with E-state index >= 15 is 0 Å². The van der Waals surface area contributed by atoms with Gasteiger partial charge in [0.15, 0.2) is 0 Å².